The number of aliphatic hydroxyl groups excluding tert-OH is 1. The molecule has 0 aromatic heterocycles. The van der Waals surface area contributed by atoms with Gasteiger partial charge in [-0.05, 0) is 37.1 Å². The Balaban J connectivity index is 2.22. The van der Waals surface area contributed by atoms with Gasteiger partial charge in [0.1, 0.15) is 0 Å². The highest BCUT2D eigenvalue weighted by Crippen LogP contribution is 2.23. The molecular weight excluding hydrogens is 298 g/mol. The van der Waals surface area contributed by atoms with Crippen molar-refractivity contribution < 1.29 is 28.2 Å². The molecular formula is C13H17NO6S. The van der Waals surface area contributed by atoms with Crippen LogP contribution in [-0.2, 0) is 14.8 Å². The first-order chi connectivity index (χ1) is 9.88. The molecule has 0 atom stereocenters. The average Bonchev–Trinajstić information content (AvgIpc) is 2.48. The largest absolute Gasteiger partial charge is 0.478 e. The highest BCUT2D eigenvalue weighted by molar-refractivity contribution is 7.89. The van der Waals surface area contributed by atoms with Gasteiger partial charge in [-0.15, -0.1) is 0 Å². The van der Waals surface area contributed by atoms with Gasteiger partial charge in [-0.25, -0.2) is 17.9 Å². The topological polar surface area (TPSA) is 113 Å². The molecule has 1 aliphatic rings. The molecule has 0 unspecified atom stereocenters. The van der Waals surface area contributed by atoms with Crippen molar-refractivity contribution in [1.82, 2.24) is 4.72 Å². The van der Waals surface area contributed by atoms with Gasteiger partial charge in [0, 0.05) is 13.2 Å². The molecule has 0 spiro atoms. The van der Waals surface area contributed by atoms with Crippen LogP contribution >= 0.6 is 0 Å². The lowest BCUT2D eigenvalue weighted by Crippen LogP contribution is -2.54. The molecule has 1 saturated heterocycles. The van der Waals surface area contributed by atoms with E-state index in [4.69, 9.17) is 9.84 Å². The molecule has 1 aromatic carbocycles. The van der Waals surface area contributed by atoms with Crippen molar-refractivity contribution in [3.05, 3.63) is 29.8 Å². The lowest BCUT2D eigenvalue weighted by atomic mass is 9.93. The Morgan fingerprint density at radius 2 is 1.81 bits per heavy atom. The number of hydrogen-bond donors (Lipinski definition) is 3. The van der Waals surface area contributed by atoms with Crippen LogP contribution in [0.2, 0.25) is 0 Å². The fourth-order valence-corrected chi connectivity index (χ4v) is 3.63. The van der Waals surface area contributed by atoms with Crippen molar-refractivity contribution in [1.29, 1.82) is 0 Å². The SMILES string of the molecule is O=C(O)c1ccc(S(=O)(=O)NC2(CO)CCOCC2)cc1. The van der Waals surface area contributed by atoms with Crippen LogP contribution in [0.3, 0.4) is 0 Å². The molecule has 1 heterocycles. The Morgan fingerprint density at radius 1 is 1.24 bits per heavy atom. The van der Waals surface area contributed by atoms with Gasteiger partial charge in [-0.1, -0.05) is 0 Å². The number of hydrogen-bond acceptors (Lipinski definition) is 5. The third kappa shape index (κ3) is 3.59. The number of sulfonamides is 1. The van der Waals surface area contributed by atoms with Crippen molar-refractivity contribution >= 4 is 16.0 Å². The standard InChI is InChI=1S/C13H17NO6S/c15-9-13(5-7-20-8-6-13)14-21(18,19)11-3-1-10(2-4-11)12(16)17/h1-4,14-15H,5-9H2,(H,16,17). The Bertz CT molecular complexity index is 604. The van der Waals surface area contributed by atoms with E-state index in [0.29, 0.717) is 26.1 Å². The minimum atomic E-state index is -3.83. The van der Waals surface area contributed by atoms with Gasteiger partial charge in [0.05, 0.1) is 22.6 Å². The van der Waals surface area contributed by atoms with Crippen molar-refractivity contribution in [3.63, 3.8) is 0 Å². The van der Waals surface area contributed by atoms with Crippen LogP contribution < -0.4 is 4.72 Å². The second-order valence-electron chi connectivity index (χ2n) is 4.99. The maximum absolute atomic E-state index is 12.3. The first kappa shape index (κ1) is 15.9. The normalized spacial score (nSPS) is 18.3. The van der Waals surface area contributed by atoms with Gasteiger partial charge in [-0.3, -0.25) is 0 Å². The molecule has 1 aromatic rings. The predicted molar refractivity (Wildman–Crippen MR) is 73.6 cm³/mol. The summed E-state index contributed by atoms with van der Waals surface area (Å²) in [5, 5.41) is 18.3. The Kier molecular flexibility index (Phi) is 4.62. The Labute approximate surface area is 122 Å². The number of aromatic carboxylic acids is 1. The van der Waals surface area contributed by atoms with Crippen LogP contribution in [-0.4, -0.2) is 50.0 Å². The summed E-state index contributed by atoms with van der Waals surface area (Å²) in [6, 6.07) is 4.92. The molecule has 0 saturated carbocycles. The number of carboxylic acids is 1. The number of rotatable bonds is 5. The molecule has 1 aliphatic heterocycles. The Hall–Kier alpha value is -1.48. The second kappa shape index (κ2) is 6.10. The minimum absolute atomic E-state index is 0.0110. The number of benzene rings is 1. The summed E-state index contributed by atoms with van der Waals surface area (Å²) < 4.78 is 32.4. The predicted octanol–water partition coefficient (Wildman–Crippen LogP) is 0.205. The van der Waals surface area contributed by atoms with Crippen molar-refractivity contribution in [2.24, 2.45) is 0 Å². The van der Waals surface area contributed by atoms with Crippen LogP contribution in [0.5, 0.6) is 0 Å². The van der Waals surface area contributed by atoms with E-state index >= 15 is 0 Å². The summed E-state index contributed by atoms with van der Waals surface area (Å²) in [5.74, 6) is -1.12. The van der Waals surface area contributed by atoms with Gasteiger partial charge in [0.2, 0.25) is 10.0 Å². The summed E-state index contributed by atoms with van der Waals surface area (Å²) in [7, 11) is -3.83. The lowest BCUT2D eigenvalue weighted by Gasteiger charge is -2.35. The van der Waals surface area contributed by atoms with Crippen molar-refractivity contribution in [2.45, 2.75) is 23.3 Å². The zero-order chi connectivity index (χ0) is 15.5. The van der Waals surface area contributed by atoms with E-state index in [9.17, 15) is 18.3 Å². The van der Waals surface area contributed by atoms with E-state index < -0.39 is 21.5 Å². The minimum Gasteiger partial charge on any atom is -0.478 e. The zero-order valence-electron chi connectivity index (χ0n) is 11.3. The van der Waals surface area contributed by atoms with E-state index in [-0.39, 0.29) is 17.1 Å². The molecule has 8 heteroatoms. The van der Waals surface area contributed by atoms with Crippen molar-refractivity contribution in [3.8, 4) is 0 Å². The van der Waals surface area contributed by atoms with E-state index in [1.807, 2.05) is 0 Å². The van der Waals surface area contributed by atoms with Gasteiger partial charge < -0.3 is 14.9 Å². The molecule has 0 radical (unpaired) electrons. The van der Waals surface area contributed by atoms with Crippen LogP contribution in [0.15, 0.2) is 29.2 Å². The number of carboxylic acid groups (broad SMARTS) is 1. The maximum atomic E-state index is 12.3. The highest BCUT2D eigenvalue weighted by Gasteiger charge is 2.36. The highest BCUT2D eigenvalue weighted by atomic mass is 32.2. The summed E-state index contributed by atoms with van der Waals surface area (Å²) in [5.41, 5.74) is -0.917. The number of carbonyl (C=O) groups is 1. The number of aliphatic hydroxyl groups is 1. The lowest BCUT2D eigenvalue weighted by molar-refractivity contribution is 0.0223. The van der Waals surface area contributed by atoms with Crippen molar-refractivity contribution in [2.75, 3.05) is 19.8 Å². The fourth-order valence-electron chi connectivity index (χ4n) is 2.18. The molecule has 1 fully saturated rings. The molecule has 21 heavy (non-hydrogen) atoms. The van der Waals surface area contributed by atoms with Gasteiger partial charge in [0.15, 0.2) is 0 Å². The summed E-state index contributed by atoms with van der Waals surface area (Å²) in [4.78, 5) is 10.7. The van der Waals surface area contributed by atoms with E-state index in [2.05, 4.69) is 4.72 Å². The average molecular weight is 315 g/mol. The molecule has 3 N–H and O–H groups in total. The van der Waals surface area contributed by atoms with Gasteiger partial charge >= 0.3 is 5.97 Å². The third-order valence-corrected chi connectivity index (χ3v) is 5.11. The zero-order valence-corrected chi connectivity index (χ0v) is 12.1. The monoisotopic (exact) mass is 315 g/mol. The number of nitrogens with one attached hydrogen (secondary N) is 1. The molecule has 2 rings (SSSR count). The molecule has 7 nitrogen and oxygen atoms in total. The molecule has 0 aliphatic carbocycles. The Morgan fingerprint density at radius 3 is 2.29 bits per heavy atom. The van der Waals surface area contributed by atoms with Gasteiger partial charge in [0.25, 0.3) is 0 Å². The first-order valence-corrected chi connectivity index (χ1v) is 7.93. The summed E-state index contributed by atoms with van der Waals surface area (Å²) in [6.45, 7) is 0.435. The quantitative estimate of drug-likeness (QED) is 0.715. The van der Waals surface area contributed by atoms with Crippen LogP contribution in [0.25, 0.3) is 0 Å². The first-order valence-electron chi connectivity index (χ1n) is 6.44. The second-order valence-corrected chi connectivity index (χ2v) is 6.67. The van der Waals surface area contributed by atoms with E-state index in [0.717, 1.165) is 0 Å². The van der Waals surface area contributed by atoms with Crippen LogP contribution in [0.1, 0.15) is 23.2 Å². The van der Waals surface area contributed by atoms with Gasteiger partial charge in [-0.2, -0.15) is 0 Å². The third-order valence-electron chi connectivity index (χ3n) is 3.52. The molecule has 116 valence electrons. The summed E-state index contributed by atoms with van der Waals surface area (Å²) in [6.07, 6.45) is 0.770. The summed E-state index contributed by atoms with van der Waals surface area (Å²) >= 11 is 0. The van der Waals surface area contributed by atoms with Crippen LogP contribution in [0.4, 0.5) is 0 Å². The fraction of sp³-hybridized carbons (Fsp3) is 0.462. The maximum Gasteiger partial charge on any atom is 0.335 e. The molecule has 0 bridgehead atoms. The van der Waals surface area contributed by atoms with E-state index in [1.165, 1.54) is 24.3 Å². The molecule has 0 amide bonds. The smallest absolute Gasteiger partial charge is 0.335 e. The number of ether oxygens (including phenoxy) is 1. The van der Waals surface area contributed by atoms with E-state index in [1.54, 1.807) is 0 Å². The van der Waals surface area contributed by atoms with Crippen LogP contribution in [0, 0.1) is 0 Å².